The molecular formula is C12H21N3O. The lowest BCUT2D eigenvalue weighted by Crippen LogP contribution is -2.56. The van der Waals surface area contributed by atoms with Crippen molar-refractivity contribution in [2.75, 3.05) is 6.54 Å². The molecule has 0 bridgehead atoms. The Labute approximate surface area is 96.9 Å². The van der Waals surface area contributed by atoms with Crippen molar-refractivity contribution in [1.29, 1.82) is 0 Å². The van der Waals surface area contributed by atoms with E-state index in [4.69, 9.17) is 5.73 Å². The molecule has 1 saturated carbocycles. The summed E-state index contributed by atoms with van der Waals surface area (Å²) >= 11 is 0. The normalized spacial score (nSPS) is 34.2. The zero-order chi connectivity index (χ0) is 11.9. The number of nitrogens with zero attached hydrogens (tertiary/aromatic N) is 2. The molecule has 0 aromatic carbocycles. The van der Waals surface area contributed by atoms with E-state index >= 15 is 0 Å². The van der Waals surface area contributed by atoms with Crippen LogP contribution in [0.5, 0.6) is 0 Å². The van der Waals surface area contributed by atoms with Crippen molar-refractivity contribution in [1.82, 2.24) is 4.90 Å². The average Bonchev–Trinajstić information content (AvgIpc) is 2.65. The summed E-state index contributed by atoms with van der Waals surface area (Å²) in [6.45, 7) is 7.18. The van der Waals surface area contributed by atoms with E-state index in [1.807, 2.05) is 4.90 Å². The lowest BCUT2D eigenvalue weighted by molar-refractivity contribution is 0.139. The summed E-state index contributed by atoms with van der Waals surface area (Å²) in [6, 6.07) is -0.139. The van der Waals surface area contributed by atoms with Gasteiger partial charge >= 0.3 is 6.03 Å². The van der Waals surface area contributed by atoms with Crippen LogP contribution in [-0.4, -0.2) is 28.9 Å². The number of amidine groups is 1. The van der Waals surface area contributed by atoms with Crippen molar-refractivity contribution < 1.29 is 4.79 Å². The number of aliphatic imine (C=N–C) groups is 1. The van der Waals surface area contributed by atoms with E-state index in [0.29, 0.717) is 17.7 Å². The second-order valence-electron chi connectivity index (χ2n) is 5.50. The van der Waals surface area contributed by atoms with Crippen LogP contribution in [0.3, 0.4) is 0 Å². The highest BCUT2D eigenvalue weighted by atomic mass is 16.2. The van der Waals surface area contributed by atoms with Gasteiger partial charge in [-0.3, -0.25) is 0 Å². The molecule has 0 aromatic heterocycles. The largest absolute Gasteiger partial charge is 0.385 e. The number of hydrogen-bond acceptors (Lipinski definition) is 2. The predicted octanol–water partition coefficient (Wildman–Crippen LogP) is 1.99. The van der Waals surface area contributed by atoms with Gasteiger partial charge in [-0.15, -0.1) is 0 Å². The second kappa shape index (κ2) is 3.75. The lowest BCUT2D eigenvalue weighted by atomic mass is 9.85. The van der Waals surface area contributed by atoms with E-state index in [9.17, 15) is 4.79 Å². The Morgan fingerprint density at radius 1 is 1.62 bits per heavy atom. The molecule has 2 rings (SSSR count). The van der Waals surface area contributed by atoms with Crippen molar-refractivity contribution in [3.8, 4) is 0 Å². The number of rotatable bonds is 2. The van der Waals surface area contributed by atoms with Crippen molar-refractivity contribution in [3.05, 3.63) is 0 Å². The standard InChI is InChI=1S/C12H21N3O/c1-8(2)7-15-11(16)14-10(13)12(15)6-4-5-9(12)3/h8-9H,4-7H2,1-3H3,(H2,13,14,16). The smallest absolute Gasteiger partial charge is 0.346 e. The Kier molecular flexibility index (Phi) is 2.68. The molecule has 0 saturated heterocycles. The maximum atomic E-state index is 11.9. The molecule has 0 radical (unpaired) electrons. The fourth-order valence-electron chi connectivity index (χ4n) is 3.12. The van der Waals surface area contributed by atoms with Crippen LogP contribution in [0.1, 0.15) is 40.0 Å². The number of urea groups is 1. The first-order valence-electron chi connectivity index (χ1n) is 6.14. The maximum Gasteiger partial charge on any atom is 0.346 e. The fourth-order valence-corrected chi connectivity index (χ4v) is 3.12. The van der Waals surface area contributed by atoms with Crippen LogP contribution in [0.4, 0.5) is 4.79 Å². The van der Waals surface area contributed by atoms with E-state index in [1.165, 1.54) is 0 Å². The van der Waals surface area contributed by atoms with Crippen LogP contribution in [0.2, 0.25) is 0 Å². The van der Waals surface area contributed by atoms with E-state index < -0.39 is 0 Å². The zero-order valence-corrected chi connectivity index (χ0v) is 10.4. The molecule has 2 atom stereocenters. The van der Waals surface area contributed by atoms with Crippen molar-refractivity contribution >= 4 is 11.9 Å². The Morgan fingerprint density at radius 2 is 2.31 bits per heavy atom. The molecule has 2 unspecified atom stereocenters. The van der Waals surface area contributed by atoms with Gasteiger partial charge in [-0.1, -0.05) is 27.2 Å². The van der Waals surface area contributed by atoms with Gasteiger partial charge in [-0.25, -0.2) is 4.79 Å². The number of carbonyl (C=O) groups is 1. The molecule has 1 fully saturated rings. The summed E-state index contributed by atoms with van der Waals surface area (Å²) in [5.41, 5.74) is 5.75. The minimum atomic E-state index is -0.263. The molecule has 1 aliphatic carbocycles. The molecule has 4 heteroatoms. The summed E-state index contributed by atoms with van der Waals surface area (Å²) in [7, 11) is 0. The lowest BCUT2D eigenvalue weighted by Gasteiger charge is -2.39. The van der Waals surface area contributed by atoms with Crippen LogP contribution < -0.4 is 5.73 Å². The van der Waals surface area contributed by atoms with Gasteiger partial charge in [-0.05, 0) is 24.7 Å². The van der Waals surface area contributed by atoms with Gasteiger partial charge in [0.25, 0.3) is 0 Å². The van der Waals surface area contributed by atoms with Crippen LogP contribution in [-0.2, 0) is 0 Å². The molecule has 4 nitrogen and oxygen atoms in total. The van der Waals surface area contributed by atoms with Gasteiger partial charge in [0.05, 0.1) is 0 Å². The van der Waals surface area contributed by atoms with Crippen LogP contribution in [0.25, 0.3) is 0 Å². The SMILES string of the molecule is CC(C)CN1C(=O)N=C(N)C12CCCC2C. The molecule has 16 heavy (non-hydrogen) atoms. The van der Waals surface area contributed by atoms with Crippen molar-refractivity contribution in [3.63, 3.8) is 0 Å². The van der Waals surface area contributed by atoms with Crippen molar-refractivity contribution in [2.45, 2.75) is 45.6 Å². The second-order valence-corrected chi connectivity index (χ2v) is 5.50. The first kappa shape index (κ1) is 11.4. The third-order valence-electron chi connectivity index (χ3n) is 3.93. The third kappa shape index (κ3) is 1.43. The Bertz CT molecular complexity index is 337. The summed E-state index contributed by atoms with van der Waals surface area (Å²) in [4.78, 5) is 17.8. The quantitative estimate of drug-likeness (QED) is 0.778. The number of amides is 2. The van der Waals surface area contributed by atoms with Gasteiger partial charge in [0.15, 0.2) is 0 Å². The Morgan fingerprint density at radius 3 is 2.81 bits per heavy atom. The van der Waals surface area contributed by atoms with E-state index in [1.54, 1.807) is 0 Å². The minimum Gasteiger partial charge on any atom is -0.385 e. The monoisotopic (exact) mass is 223 g/mol. The Balaban J connectivity index is 2.32. The van der Waals surface area contributed by atoms with Gasteiger partial charge < -0.3 is 10.6 Å². The predicted molar refractivity (Wildman–Crippen MR) is 64.3 cm³/mol. The first-order chi connectivity index (χ1) is 7.48. The third-order valence-corrected chi connectivity index (χ3v) is 3.93. The topological polar surface area (TPSA) is 58.7 Å². The number of nitrogens with two attached hydrogens (primary N) is 1. The first-order valence-corrected chi connectivity index (χ1v) is 6.14. The van der Waals surface area contributed by atoms with Crippen molar-refractivity contribution in [2.24, 2.45) is 22.6 Å². The highest BCUT2D eigenvalue weighted by molar-refractivity contribution is 6.06. The van der Waals surface area contributed by atoms with Crippen LogP contribution in [0, 0.1) is 11.8 Å². The highest BCUT2D eigenvalue weighted by Crippen LogP contribution is 2.43. The number of carbonyl (C=O) groups excluding carboxylic acids is 1. The van der Waals surface area contributed by atoms with Crippen LogP contribution >= 0.6 is 0 Å². The molecule has 2 N–H and O–H groups in total. The molecule has 90 valence electrons. The molecule has 2 amide bonds. The maximum absolute atomic E-state index is 11.9. The molecule has 2 aliphatic rings. The van der Waals surface area contributed by atoms with Gasteiger partial charge in [0, 0.05) is 6.54 Å². The Hall–Kier alpha value is -1.06. The summed E-state index contributed by atoms with van der Waals surface area (Å²) < 4.78 is 0. The highest BCUT2D eigenvalue weighted by Gasteiger charge is 2.54. The minimum absolute atomic E-state index is 0.139. The summed E-state index contributed by atoms with van der Waals surface area (Å²) in [6.07, 6.45) is 3.25. The molecule has 1 heterocycles. The molecule has 1 aliphatic heterocycles. The van der Waals surface area contributed by atoms with E-state index in [0.717, 1.165) is 25.8 Å². The zero-order valence-electron chi connectivity index (χ0n) is 10.4. The average molecular weight is 223 g/mol. The fraction of sp³-hybridized carbons (Fsp3) is 0.833. The van der Waals surface area contributed by atoms with Gasteiger partial charge in [0.1, 0.15) is 11.4 Å². The van der Waals surface area contributed by atoms with Gasteiger partial charge in [0.2, 0.25) is 0 Å². The molecule has 0 aromatic rings. The van der Waals surface area contributed by atoms with E-state index in [2.05, 4.69) is 25.8 Å². The summed E-state index contributed by atoms with van der Waals surface area (Å²) in [5, 5.41) is 0. The van der Waals surface area contributed by atoms with Crippen LogP contribution in [0.15, 0.2) is 4.99 Å². The molecule has 1 spiro atoms. The number of hydrogen-bond donors (Lipinski definition) is 1. The van der Waals surface area contributed by atoms with E-state index in [-0.39, 0.29) is 11.6 Å². The van der Waals surface area contributed by atoms with Gasteiger partial charge in [-0.2, -0.15) is 4.99 Å². The summed E-state index contributed by atoms with van der Waals surface area (Å²) in [5.74, 6) is 1.43. The molecular weight excluding hydrogens is 202 g/mol.